The van der Waals surface area contributed by atoms with Gasteiger partial charge in [-0.15, -0.1) is 0 Å². The van der Waals surface area contributed by atoms with Crippen molar-refractivity contribution < 1.29 is 33.5 Å². The van der Waals surface area contributed by atoms with Gasteiger partial charge in [0.05, 0.1) is 4.92 Å². The fraction of sp³-hybridized carbons (Fsp3) is 0. The molecule has 3 aromatic carbocycles. The molecule has 3 rings (SSSR count). The zero-order chi connectivity index (χ0) is 17.2. The van der Waals surface area contributed by atoms with Gasteiger partial charge in [-0.05, 0) is 0 Å². The smallest absolute Gasteiger partial charge is 0.872 e. The number of nitro benzene ring substituents is 1. The van der Waals surface area contributed by atoms with E-state index in [9.17, 15) is 19.8 Å². The van der Waals surface area contributed by atoms with Crippen LogP contribution < -0.4 is 39.9 Å². The number of rotatable bonds is 4. The van der Waals surface area contributed by atoms with Gasteiger partial charge in [-0.3, -0.25) is 10.1 Å². The van der Waals surface area contributed by atoms with Crippen LogP contribution in [0, 0.1) is 10.1 Å². The molecule has 0 amide bonds. The summed E-state index contributed by atoms with van der Waals surface area (Å²) in [5, 5.41) is 24.4. The van der Waals surface area contributed by atoms with Crippen LogP contribution >= 0.6 is 7.14 Å². The molecule has 0 unspecified atom stereocenters. The van der Waals surface area contributed by atoms with Crippen molar-refractivity contribution >= 4 is 28.7 Å². The summed E-state index contributed by atoms with van der Waals surface area (Å²) >= 11 is 0. The van der Waals surface area contributed by atoms with Crippen molar-refractivity contribution in [1.29, 1.82) is 0 Å². The summed E-state index contributed by atoms with van der Waals surface area (Å²) in [5.74, 6) is -0.475. The van der Waals surface area contributed by atoms with Gasteiger partial charge in [0, 0.05) is 28.0 Å². The third kappa shape index (κ3) is 3.55. The first kappa shape index (κ1) is 19.0. The molecule has 7 heteroatoms. The van der Waals surface area contributed by atoms with Crippen molar-refractivity contribution in [3.05, 3.63) is 89.0 Å². The quantitative estimate of drug-likeness (QED) is 0.271. The van der Waals surface area contributed by atoms with Crippen LogP contribution in [0.2, 0.25) is 0 Å². The van der Waals surface area contributed by atoms with E-state index in [2.05, 4.69) is 0 Å². The third-order valence-electron chi connectivity index (χ3n) is 3.73. The van der Waals surface area contributed by atoms with E-state index >= 15 is 0 Å². The third-order valence-corrected chi connectivity index (χ3v) is 6.81. The fourth-order valence-corrected chi connectivity index (χ4v) is 5.31. The maximum Gasteiger partial charge on any atom is 1.00 e. The Balaban J connectivity index is 0.00000225. The summed E-state index contributed by atoms with van der Waals surface area (Å²) < 4.78 is 14.0. The molecular weight excluding hydrogens is 332 g/mol. The standard InChI is InChI=1S/C18H14NO4P.Li/c20-17-12-11-14(19(21)22)13-18(17)24(23,15-7-3-1-4-8-15)16-9-5-2-6-10-16;/h1-13,20H;/q;+1/p-1. The fourth-order valence-electron chi connectivity index (χ4n) is 2.57. The summed E-state index contributed by atoms with van der Waals surface area (Å²) in [5.41, 5.74) is -0.253. The summed E-state index contributed by atoms with van der Waals surface area (Å²) in [7, 11) is -3.50. The van der Waals surface area contributed by atoms with Gasteiger partial charge in [0.2, 0.25) is 0 Å². The predicted octanol–water partition coefficient (Wildman–Crippen LogP) is -0.688. The minimum absolute atomic E-state index is 0. The molecular formula is C18H13LiNO4P. The van der Waals surface area contributed by atoms with E-state index in [4.69, 9.17) is 0 Å². The SMILES string of the molecule is O=[N+]([O-])c1ccc([O-])c(P(=O)(c2ccccc2)c2ccccc2)c1.[Li+]. The molecule has 0 spiro atoms. The van der Waals surface area contributed by atoms with E-state index < -0.39 is 17.8 Å². The zero-order valence-electron chi connectivity index (χ0n) is 13.5. The number of non-ortho nitro benzene ring substituents is 1. The Morgan fingerprint density at radius 2 is 1.28 bits per heavy atom. The van der Waals surface area contributed by atoms with E-state index in [1.165, 1.54) is 0 Å². The van der Waals surface area contributed by atoms with Crippen LogP contribution in [0.3, 0.4) is 0 Å². The van der Waals surface area contributed by atoms with E-state index in [0.29, 0.717) is 10.6 Å². The van der Waals surface area contributed by atoms with Gasteiger partial charge < -0.3 is 9.67 Å². The molecule has 0 aliphatic heterocycles. The van der Waals surface area contributed by atoms with Gasteiger partial charge in [-0.25, -0.2) is 0 Å². The second-order valence-electron chi connectivity index (χ2n) is 5.19. The van der Waals surface area contributed by atoms with Gasteiger partial charge >= 0.3 is 18.9 Å². The first-order chi connectivity index (χ1) is 11.5. The molecule has 0 radical (unpaired) electrons. The molecule has 0 aliphatic rings. The summed E-state index contributed by atoms with van der Waals surface area (Å²) in [6.07, 6.45) is 0. The Labute approximate surface area is 157 Å². The van der Waals surface area contributed by atoms with E-state index in [1.54, 1.807) is 60.7 Å². The second-order valence-corrected chi connectivity index (χ2v) is 7.92. The van der Waals surface area contributed by atoms with E-state index in [-0.39, 0.29) is 29.9 Å². The molecule has 5 nitrogen and oxygen atoms in total. The van der Waals surface area contributed by atoms with E-state index in [0.717, 1.165) is 18.2 Å². The van der Waals surface area contributed by atoms with Crippen LogP contribution in [-0.2, 0) is 4.57 Å². The van der Waals surface area contributed by atoms with Crippen molar-refractivity contribution in [1.82, 2.24) is 0 Å². The minimum Gasteiger partial charge on any atom is -0.872 e. The number of nitrogens with zero attached hydrogens (tertiary/aromatic N) is 1. The normalized spacial score (nSPS) is 10.7. The maximum atomic E-state index is 14.0. The van der Waals surface area contributed by atoms with E-state index in [1.807, 2.05) is 0 Å². The number of benzene rings is 3. The molecule has 0 N–H and O–H groups in total. The minimum atomic E-state index is -3.50. The molecule has 120 valence electrons. The molecule has 0 heterocycles. The largest absolute Gasteiger partial charge is 1.00 e. The van der Waals surface area contributed by atoms with Crippen LogP contribution in [0.4, 0.5) is 5.69 Å². The van der Waals surface area contributed by atoms with Crippen molar-refractivity contribution in [3.8, 4) is 5.75 Å². The van der Waals surface area contributed by atoms with Crippen molar-refractivity contribution in [3.63, 3.8) is 0 Å². The Bertz CT molecular complexity index is 889. The molecule has 0 saturated carbocycles. The average molecular weight is 345 g/mol. The van der Waals surface area contributed by atoms with Gasteiger partial charge in [0.1, 0.15) is 0 Å². The van der Waals surface area contributed by atoms with Crippen LogP contribution in [0.15, 0.2) is 78.9 Å². The average Bonchev–Trinajstić information content (AvgIpc) is 2.62. The van der Waals surface area contributed by atoms with Crippen molar-refractivity contribution in [2.45, 2.75) is 0 Å². The second kappa shape index (κ2) is 7.71. The van der Waals surface area contributed by atoms with Crippen LogP contribution in [0.1, 0.15) is 0 Å². The number of hydrogen-bond acceptors (Lipinski definition) is 4. The Hall–Kier alpha value is -2.31. The Kier molecular flexibility index (Phi) is 5.87. The van der Waals surface area contributed by atoms with Gasteiger partial charge in [0.15, 0.2) is 7.14 Å². The van der Waals surface area contributed by atoms with Gasteiger partial charge in [-0.1, -0.05) is 72.5 Å². The molecule has 25 heavy (non-hydrogen) atoms. The Morgan fingerprint density at radius 1 is 0.800 bits per heavy atom. The van der Waals surface area contributed by atoms with Crippen molar-refractivity contribution in [2.75, 3.05) is 0 Å². The topological polar surface area (TPSA) is 83.3 Å². The van der Waals surface area contributed by atoms with Gasteiger partial charge in [0.25, 0.3) is 5.69 Å². The summed E-state index contributed by atoms with van der Waals surface area (Å²) in [6.45, 7) is 0. The molecule has 0 atom stereocenters. The van der Waals surface area contributed by atoms with Crippen LogP contribution in [-0.4, -0.2) is 4.92 Å². The first-order valence-electron chi connectivity index (χ1n) is 7.21. The number of hydrogen-bond donors (Lipinski definition) is 0. The Morgan fingerprint density at radius 3 is 1.72 bits per heavy atom. The predicted molar refractivity (Wildman–Crippen MR) is 91.9 cm³/mol. The maximum absolute atomic E-state index is 14.0. The summed E-state index contributed by atoms with van der Waals surface area (Å²) in [4.78, 5) is 10.5. The van der Waals surface area contributed by atoms with Crippen LogP contribution in [0.25, 0.3) is 0 Å². The monoisotopic (exact) mass is 345 g/mol. The molecule has 0 saturated heterocycles. The van der Waals surface area contributed by atoms with Crippen molar-refractivity contribution in [2.24, 2.45) is 0 Å². The van der Waals surface area contributed by atoms with Gasteiger partial charge in [-0.2, -0.15) is 0 Å². The molecule has 3 aromatic rings. The molecule has 0 aromatic heterocycles. The first-order valence-corrected chi connectivity index (χ1v) is 8.91. The number of nitro groups is 1. The zero-order valence-corrected chi connectivity index (χ0v) is 14.4. The molecule has 0 fully saturated rings. The molecule has 0 bridgehead atoms. The van der Waals surface area contributed by atoms with Crippen LogP contribution in [0.5, 0.6) is 5.75 Å². The molecule has 0 aliphatic carbocycles. The summed E-state index contributed by atoms with van der Waals surface area (Å²) in [6, 6.07) is 20.5.